The Labute approximate surface area is 96.3 Å². The molecule has 0 fully saturated rings. The van der Waals surface area contributed by atoms with Crippen molar-refractivity contribution in [1.82, 2.24) is 0 Å². The highest BCUT2D eigenvalue weighted by Gasteiger charge is 2.20. The van der Waals surface area contributed by atoms with Gasteiger partial charge in [-0.1, -0.05) is 34.6 Å². The molecule has 14 heavy (non-hydrogen) atoms. The zero-order valence-electron chi connectivity index (χ0n) is 9.60. The lowest BCUT2D eigenvalue weighted by Gasteiger charge is -2.16. The van der Waals surface area contributed by atoms with Gasteiger partial charge in [-0.15, -0.1) is 22.9 Å². The summed E-state index contributed by atoms with van der Waals surface area (Å²) in [6, 6.07) is 4.38. The summed E-state index contributed by atoms with van der Waals surface area (Å²) in [4.78, 5) is 2.71. The molecule has 1 aromatic heterocycles. The molecule has 0 aliphatic carbocycles. The first-order valence-electron chi connectivity index (χ1n) is 5.06. The molecule has 0 spiro atoms. The molecule has 0 aliphatic heterocycles. The van der Waals surface area contributed by atoms with Gasteiger partial charge in [-0.2, -0.15) is 0 Å². The van der Waals surface area contributed by atoms with Crippen LogP contribution in [-0.4, -0.2) is 0 Å². The van der Waals surface area contributed by atoms with Crippen molar-refractivity contribution in [1.29, 1.82) is 0 Å². The molecule has 0 saturated heterocycles. The summed E-state index contributed by atoms with van der Waals surface area (Å²) < 4.78 is 0. The molecule has 0 aromatic carbocycles. The highest BCUT2D eigenvalue weighted by molar-refractivity contribution is 7.12. The van der Waals surface area contributed by atoms with Gasteiger partial charge < -0.3 is 0 Å². The Bertz CT molecular complexity index is 294. The molecule has 0 N–H and O–H groups in total. The quantitative estimate of drug-likeness (QED) is 0.629. The molecule has 0 bridgehead atoms. The Morgan fingerprint density at radius 3 is 2.14 bits per heavy atom. The van der Waals surface area contributed by atoms with Gasteiger partial charge in [0.1, 0.15) is 0 Å². The van der Waals surface area contributed by atoms with Crippen LogP contribution in [0.3, 0.4) is 0 Å². The SMILES string of the molecule is CC(C)C(Cl)c1ccc(C(C)(C)C)s1. The van der Waals surface area contributed by atoms with Gasteiger partial charge in [0.25, 0.3) is 0 Å². The van der Waals surface area contributed by atoms with E-state index in [2.05, 4.69) is 46.8 Å². The van der Waals surface area contributed by atoms with E-state index in [1.165, 1.54) is 9.75 Å². The van der Waals surface area contributed by atoms with Crippen LogP contribution in [-0.2, 0) is 5.41 Å². The van der Waals surface area contributed by atoms with E-state index in [1.807, 2.05) is 11.3 Å². The molecule has 1 rings (SSSR count). The second kappa shape index (κ2) is 4.24. The highest BCUT2D eigenvalue weighted by Crippen LogP contribution is 2.37. The standard InChI is InChI=1S/C12H19ClS/c1-8(2)11(13)9-6-7-10(14-9)12(3,4)5/h6-8,11H,1-5H3. The number of halogens is 1. The van der Waals surface area contributed by atoms with E-state index in [0.29, 0.717) is 5.92 Å². The molecule has 0 nitrogen and oxygen atoms in total. The minimum atomic E-state index is 0.163. The molecular formula is C12H19ClS. The molecule has 1 aromatic rings. The third-order valence-electron chi connectivity index (χ3n) is 2.22. The summed E-state index contributed by atoms with van der Waals surface area (Å²) in [6.07, 6.45) is 0. The van der Waals surface area contributed by atoms with Crippen LogP contribution in [0.4, 0.5) is 0 Å². The summed E-state index contributed by atoms with van der Waals surface area (Å²) >= 11 is 8.16. The largest absolute Gasteiger partial charge is 0.143 e. The van der Waals surface area contributed by atoms with Gasteiger partial charge in [0.05, 0.1) is 5.38 Å². The summed E-state index contributed by atoms with van der Waals surface area (Å²) in [5, 5.41) is 0.163. The Morgan fingerprint density at radius 2 is 1.79 bits per heavy atom. The van der Waals surface area contributed by atoms with Gasteiger partial charge >= 0.3 is 0 Å². The Morgan fingerprint density at radius 1 is 1.21 bits per heavy atom. The van der Waals surface area contributed by atoms with E-state index < -0.39 is 0 Å². The number of hydrogen-bond donors (Lipinski definition) is 0. The van der Waals surface area contributed by atoms with E-state index in [1.54, 1.807) is 0 Å². The fourth-order valence-electron chi connectivity index (χ4n) is 1.23. The minimum Gasteiger partial charge on any atom is -0.143 e. The maximum Gasteiger partial charge on any atom is 0.0701 e. The summed E-state index contributed by atoms with van der Waals surface area (Å²) in [5.74, 6) is 0.503. The number of alkyl halides is 1. The van der Waals surface area contributed by atoms with Crippen LogP contribution in [0.5, 0.6) is 0 Å². The van der Waals surface area contributed by atoms with Crippen molar-refractivity contribution in [2.24, 2.45) is 5.92 Å². The lowest BCUT2D eigenvalue weighted by molar-refractivity contribution is 0.604. The van der Waals surface area contributed by atoms with Crippen LogP contribution < -0.4 is 0 Å². The second-order valence-corrected chi connectivity index (χ2v) is 6.68. The van der Waals surface area contributed by atoms with Gasteiger partial charge in [0.15, 0.2) is 0 Å². The third kappa shape index (κ3) is 2.74. The normalized spacial score (nSPS) is 14.8. The highest BCUT2D eigenvalue weighted by atomic mass is 35.5. The lowest BCUT2D eigenvalue weighted by Crippen LogP contribution is -2.07. The molecule has 0 radical (unpaired) electrons. The van der Waals surface area contributed by atoms with E-state index in [-0.39, 0.29) is 10.8 Å². The van der Waals surface area contributed by atoms with E-state index >= 15 is 0 Å². The van der Waals surface area contributed by atoms with Crippen LogP contribution in [0.15, 0.2) is 12.1 Å². The predicted octanol–water partition coefficient (Wildman–Crippen LogP) is 4.98. The van der Waals surface area contributed by atoms with Gasteiger partial charge in [0, 0.05) is 9.75 Å². The second-order valence-electron chi connectivity index (χ2n) is 5.10. The van der Waals surface area contributed by atoms with Crippen LogP contribution in [0.2, 0.25) is 0 Å². The predicted molar refractivity (Wildman–Crippen MR) is 66.5 cm³/mol. The summed E-state index contributed by atoms with van der Waals surface area (Å²) in [5.41, 5.74) is 0.247. The van der Waals surface area contributed by atoms with Crippen molar-refractivity contribution < 1.29 is 0 Å². The Hall–Kier alpha value is -0.0100. The fourth-order valence-corrected chi connectivity index (χ4v) is 2.66. The van der Waals surface area contributed by atoms with Crippen molar-refractivity contribution in [3.8, 4) is 0 Å². The first-order chi connectivity index (χ1) is 6.32. The summed E-state index contributed by atoms with van der Waals surface area (Å²) in [7, 11) is 0. The van der Waals surface area contributed by atoms with Crippen LogP contribution >= 0.6 is 22.9 Å². The molecule has 0 saturated carbocycles. The van der Waals surface area contributed by atoms with Crippen molar-refractivity contribution in [3.05, 3.63) is 21.9 Å². The van der Waals surface area contributed by atoms with Crippen molar-refractivity contribution >= 4 is 22.9 Å². The fraction of sp³-hybridized carbons (Fsp3) is 0.667. The zero-order valence-corrected chi connectivity index (χ0v) is 11.2. The molecule has 80 valence electrons. The molecule has 1 atom stereocenters. The third-order valence-corrected chi connectivity index (χ3v) is 4.69. The number of hydrogen-bond acceptors (Lipinski definition) is 1. The monoisotopic (exact) mass is 230 g/mol. The van der Waals surface area contributed by atoms with E-state index in [0.717, 1.165) is 0 Å². The van der Waals surface area contributed by atoms with E-state index in [9.17, 15) is 0 Å². The average molecular weight is 231 g/mol. The Kier molecular flexibility index (Phi) is 3.65. The lowest BCUT2D eigenvalue weighted by atomic mass is 9.95. The van der Waals surface area contributed by atoms with Gasteiger partial charge in [-0.3, -0.25) is 0 Å². The van der Waals surface area contributed by atoms with E-state index in [4.69, 9.17) is 11.6 Å². The van der Waals surface area contributed by atoms with Crippen LogP contribution in [0.1, 0.15) is 49.8 Å². The topological polar surface area (TPSA) is 0 Å². The molecule has 1 heterocycles. The first kappa shape index (κ1) is 12.1. The summed E-state index contributed by atoms with van der Waals surface area (Å²) in [6.45, 7) is 11.0. The van der Waals surface area contributed by atoms with Crippen molar-refractivity contribution in [2.45, 2.75) is 45.4 Å². The van der Waals surface area contributed by atoms with Gasteiger partial charge in [-0.25, -0.2) is 0 Å². The van der Waals surface area contributed by atoms with Crippen LogP contribution in [0, 0.1) is 5.92 Å². The van der Waals surface area contributed by atoms with Crippen molar-refractivity contribution in [2.75, 3.05) is 0 Å². The smallest absolute Gasteiger partial charge is 0.0701 e. The minimum absolute atomic E-state index is 0.163. The zero-order chi connectivity index (χ0) is 10.9. The van der Waals surface area contributed by atoms with Crippen LogP contribution in [0.25, 0.3) is 0 Å². The average Bonchev–Trinajstić information content (AvgIpc) is 2.49. The van der Waals surface area contributed by atoms with Gasteiger partial charge in [-0.05, 0) is 23.5 Å². The van der Waals surface area contributed by atoms with Crippen molar-refractivity contribution in [3.63, 3.8) is 0 Å². The molecule has 2 heteroatoms. The maximum atomic E-state index is 6.31. The first-order valence-corrected chi connectivity index (χ1v) is 6.32. The number of rotatable bonds is 2. The molecule has 0 amide bonds. The number of thiophene rings is 1. The molecular weight excluding hydrogens is 212 g/mol. The molecule has 0 aliphatic rings. The maximum absolute atomic E-state index is 6.31. The Balaban J connectivity index is 2.89. The molecule has 1 unspecified atom stereocenters. The van der Waals surface area contributed by atoms with Gasteiger partial charge in [0.2, 0.25) is 0 Å².